The van der Waals surface area contributed by atoms with Crippen molar-refractivity contribution in [3.05, 3.63) is 63.5 Å². The Morgan fingerprint density at radius 2 is 1.92 bits per heavy atom. The number of fused-ring (bicyclic) bond motifs is 1. The Kier molecular flexibility index (Phi) is 4.85. The van der Waals surface area contributed by atoms with E-state index in [0.717, 1.165) is 26.9 Å². The van der Waals surface area contributed by atoms with Crippen molar-refractivity contribution in [3.8, 4) is 0 Å². The molecule has 3 rings (SSSR count). The van der Waals surface area contributed by atoms with Gasteiger partial charge >= 0.3 is 0 Å². The van der Waals surface area contributed by atoms with E-state index in [2.05, 4.69) is 10.6 Å². The van der Waals surface area contributed by atoms with Gasteiger partial charge in [0, 0.05) is 15.8 Å². The summed E-state index contributed by atoms with van der Waals surface area (Å²) in [4.78, 5) is 12.9. The average Bonchev–Trinajstić information content (AvgIpc) is 2.88. The molecule has 1 amide bonds. The first-order valence-electron chi connectivity index (χ1n) is 7.32. The number of rotatable bonds is 2. The van der Waals surface area contributed by atoms with Gasteiger partial charge in [-0.2, -0.15) is 0 Å². The van der Waals surface area contributed by atoms with Crippen molar-refractivity contribution < 1.29 is 4.79 Å². The molecule has 0 bridgehead atoms. The van der Waals surface area contributed by atoms with Gasteiger partial charge in [-0.25, -0.2) is 0 Å². The highest BCUT2D eigenvalue weighted by molar-refractivity contribution is 7.80. The van der Waals surface area contributed by atoms with Crippen molar-refractivity contribution in [1.82, 2.24) is 5.32 Å². The molecule has 0 spiro atoms. The third-order valence-corrected chi connectivity index (χ3v) is 5.49. The number of aryl methyl sites for hydroxylation is 2. The van der Waals surface area contributed by atoms with Crippen LogP contribution < -0.4 is 10.6 Å². The maximum absolute atomic E-state index is 12.5. The van der Waals surface area contributed by atoms with Gasteiger partial charge in [-0.15, -0.1) is 11.3 Å². The molecule has 2 aromatic carbocycles. The highest BCUT2D eigenvalue weighted by Gasteiger charge is 2.18. The van der Waals surface area contributed by atoms with Crippen molar-refractivity contribution in [2.24, 2.45) is 0 Å². The topological polar surface area (TPSA) is 41.1 Å². The molecule has 0 fully saturated rings. The lowest BCUT2D eigenvalue weighted by Gasteiger charge is -2.12. The van der Waals surface area contributed by atoms with Crippen molar-refractivity contribution in [2.45, 2.75) is 13.8 Å². The third-order valence-electron chi connectivity index (χ3n) is 3.61. The standard InChI is InChI=1S/C18H15ClN2OS2/c1-10-7-8-11(2)13(9-10)20-18(23)21-17(22)16-15(19)12-5-3-4-6-14(12)24-16/h3-9H,1-2H3,(H2,20,21,22,23). The first-order valence-corrected chi connectivity index (χ1v) is 8.92. The summed E-state index contributed by atoms with van der Waals surface area (Å²) >= 11 is 12.9. The van der Waals surface area contributed by atoms with Gasteiger partial charge in [0.15, 0.2) is 5.11 Å². The van der Waals surface area contributed by atoms with Gasteiger partial charge < -0.3 is 5.32 Å². The van der Waals surface area contributed by atoms with Gasteiger partial charge in [-0.05, 0) is 49.3 Å². The second-order valence-corrected chi connectivity index (χ2v) is 7.31. The summed E-state index contributed by atoms with van der Waals surface area (Å²) in [7, 11) is 0. The van der Waals surface area contributed by atoms with E-state index in [-0.39, 0.29) is 11.0 Å². The lowest BCUT2D eigenvalue weighted by molar-refractivity contribution is 0.0982. The van der Waals surface area contributed by atoms with Crippen LogP contribution in [0.5, 0.6) is 0 Å². The Morgan fingerprint density at radius 1 is 1.17 bits per heavy atom. The Hall–Kier alpha value is -1.95. The van der Waals surface area contributed by atoms with Crippen LogP contribution in [0.25, 0.3) is 10.1 Å². The second-order valence-electron chi connectivity index (χ2n) is 5.47. The van der Waals surface area contributed by atoms with Crippen LogP contribution in [0, 0.1) is 13.8 Å². The molecule has 0 saturated carbocycles. The summed E-state index contributed by atoms with van der Waals surface area (Å²) in [5.74, 6) is -0.302. The molecule has 0 aliphatic carbocycles. The van der Waals surface area contributed by atoms with Gasteiger partial charge in [-0.1, -0.05) is 41.9 Å². The van der Waals surface area contributed by atoms with E-state index in [4.69, 9.17) is 23.8 Å². The molecule has 3 nitrogen and oxygen atoms in total. The number of carbonyl (C=O) groups excluding carboxylic acids is 1. The predicted octanol–water partition coefficient (Wildman–Crippen LogP) is 5.30. The van der Waals surface area contributed by atoms with Crippen LogP contribution >= 0.6 is 35.2 Å². The summed E-state index contributed by atoms with van der Waals surface area (Å²) in [6, 6.07) is 13.7. The minimum Gasteiger partial charge on any atom is -0.332 e. The third kappa shape index (κ3) is 3.43. The van der Waals surface area contributed by atoms with Crippen LogP contribution in [-0.2, 0) is 0 Å². The Morgan fingerprint density at radius 3 is 2.67 bits per heavy atom. The average molecular weight is 375 g/mol. The van der Waals surface area contributed by atoms with Crippen molar-refractivity contribution >= 4 is 61.9 Å². The summed E-state index contributed by atoms with van der Waals surface area (Å²) in [5.41, 5.74) is 3.05. The number of hydrogen-bond acceptors (Lipinski definition) is 3. The van der Waals surface area contributed by atoms with E-state index in [1.807, 2.05) is 56.3 Å². The van der Waals surface area contributed by atoms with Crippen molar-refractivity contribution in [1.29, 1.82) is 0 Å². The zero-order valence-electron chi connectivity index (χ0n) is 13.1. The first-order chi connectivity index (χ1) is 11.5. The maximum Gasteiger partial charge on any atom is 0.269 e. The minimum absolute atomic E-state index is 0.252. The van der Waals surface area contributed by atoms with Crippen molar-refractivity contribution in [2.75, 3.05) is 5.32 Å². The largest absolute Gasteiger partial charge is 0.332 e. The smallest absolute Gasteiger partial charge is 0.269 e. The van der Waals surface area contributed by atoms with Crippen LogP contribution in [0.4, 0.5) is 5.69 Å². The lowest BCUT2D eigenvalue weighted by atomic mass is 10.1. The Balaban J connectivity index is 1.77. The number of anilines is 1. The van der Waals surface area contributed by atoms with E-state index in [0.29, 0.717) is 9.90 Å². The number of amides is 1. The number of carbonyl (C=O) groups is 1. The molecule has 3 aromatic rings. The molecule has 0 unspecified atom stereocenters. The molecule has 1 aromatic heterocycles. The van der Waals surface area contributed by atoms with Crippen LogP contribution in [0.3, 0.4) is 0 Å². The fourth-order valence-corrected chi connectivity index (χ4v) is 3.96. The molecule has 0 aliphatic rings. The summed E-state index contributed by atoms with van der Waals surface area (Å²) < 4.78 is 0.973. The number of nitrogens with one attached hydrogen (secondary N) is 2. The number of benzene rings is 2. The molecule has 0 radical (unpaired) electrons. The summed E-state index contributed by atoms with van der Waals surface area (Å²) in [6.07, 6.45) is 0. The molecule has 122 valence electrons. The SMILES string of the molecule is Cc1ccc(C)c(NC(=S)NC(=O)c2sc3ccccc3c2Cl)c1. The van der Waals surface area contributed by atoms with Gasteiger partial charge in [-0.3, -0.25) is 10.1 Å². The van der Waals surface area contributed by atoms with Crippen LogP contribution in [0.15, 0.2) is 42.5 Å². The van der Waals surface area contributed by atoms with E-state index < -0.39 is 0 Å². The zero-order valence-corrected chi connectivity index (χ0v) is 15.5. The summed E-state index contributed by atoms with van der Waals surface area (Å²) in [5, 5.41) is 7.36. The van der Waals surface area contributed by atoms with Crippen molar-refractivity contribution in [3.63, 3.8) is 0 Å². The highest BCUT2D eigenvalue weighted by atomic mass is 35.5. The van der Waals surface area contributed by atoms with Gasteiger partial charge in [0.1, 0.15) is 4.88 Å². The number of hydrogen-bond donors (Lipinski definition) is 2. The van der Waals surface area contributed by atoms with E-state index in [1.54, 1.807) is 0 Å². The zero-order chi connectivity index (χ0) is 17.3. The molecule has 2 N–H and O–H groups in total. The first kappa shape index (κ1) is 16.9. The molecule has 6 heteroatoms. The van der Waals surface area contributed by atoms with Crippen LogP contribution in [0.1, 0.15) is 20.8 Å². The number of thiocarbonyl (C=S) groups is 1. The van der Waals surface area contributed by atoms with E-state index >= 15 is 0 Å². The van der Waals surface area contributed by atoms with Crippen LogP contribution in [0.2, 0.25) is 5.02 Å². The molecule has 0 atom stereocenters. The van der Waals surface area contributed by atoms with Gasteiger partial charge in [0.05, 0.1) is 5.02 Å². The number of halogens is 1. The fraction of sp³-hybridized carbons (Fsp3) is 0.111. The minimum atomic E-state index is -0.302. The van der Waals surface area contributed by atoms with Gasteiger partial charge in [0.2, 0.25) is 0 Å². The monoisotopic (exact) mass is 374 g/mol. The number of thiophene rings is 1. The molecular formula is C18H15ClN2OS2. The lowest BCUT2D eigenvalue weighted by Crippen LogP contribution is -2.34. The fourth-order valence-electron chi connectivity index (χ4n) is 2.34. The second kappa shape index (κ2) is 6.89. The molecule has 1 heterocycles. The molecule has 24 heavy (non-hydrogen) atoms. The molecule has 0 aliphatic heterocycles. The molecule has 0 saturated heterocycles. The Bertz CT molecular complexity index is 949. The Labute approximate surface area is 154 Å². The summed E-state index contributed by atoms with van der Waals surface area (Å²) in [6.45, 7) is 3.98. The quantitative estimate of drug-likeness (QED) is 0.598. The van der Waals surface area contributed by atoms with Crippen LogP contribution in [-0.4, -0.2) is 11.0 Å². The van der Waals surface area contributed by atoms with E-state index in [1.165, 1.54) is 11.3 Å². The molecular weight excluding hydrogens is 360 g/mol. The highest BCUT2D eigenvalue weighted by Crippen LogP contribution is 2.34. The normalized spacial score (nSPS) is 10.6. The maximum atomic E-state index is 12.5. The van der Waals surface area contributed by atoms with Gasteiger partial charge in [0.25, 0.3) is 5.91 Å². The van der Waals surface area contributed by atoms with E-state index in [9.17, 15) is 4.79 Å². The predicted molar refractivity (Wildman–Crippen MR) is 106 cm³/mol.